The Kier molecular flexibility index (Phi) is 5.18. The summed E-state index contributed by atoms with van der Waals surface area (Å²) in [4.78, 5) is 20.2. The topological polar surface area (TPSA) is 119 Å². The molecule has 140 valence electrons. The highest BCUT2D eigenvalue weighted by Gasteiger charge is 2.18. The predicted octanol–water partition coefficient (Wildman–Crippen LogP) is 2.76. The zero-order valence-corrected chi connectivity index (χ0v) is 15.0. The van der Waals surface area contributed by atoms with Crippen LogP contribution in [0.5, 0.6) is 0 Å². The minimum Gasteiger partial charge on any atom is -0.365 e. The molecule has 2 heterocycles. The van der Waals surface area contributed by atoms with E-state index in [2.05, 4.69) is 20.6 Å². The molecule has 7 nitrogen and oxygen atoms in total. The van der Waals surface area contributed by atoms with Gasteiger partial charge in [0, 0.05) is 29.4 Å². The van der Waals surface area contributed by atoms with Crippen LogP contribution in [-0.4, -0.2) is 28.0 Å². The Labute approximate surface area is 156 Å². The van der Waals surface area contributed by atoms with Gasteiger partial charge in [-0.2, -0.15) is 0 Å². The summed E-state index contributed by atoms with van der Waals surface area (Å²) < 4.78 is 14.4. The van der Waals surface area contributed by atoms with E-state index in [1.807, 2.05) is 31.2 Å². The number of pyridine rings is 2. The number of fused-ring (bicyclic) bond motifs is 1. The molecular weight excluding hydrogens is 347 g/mol. The van der Waals surface area contributed by atoms with Gasteiger partial charge in [-0.3, -0.25) is 9.78 Å². The standard InChI is InChI=1S/C19H21FN6O/c1-10(21)11(2)24-19-15(20)9-14(17(22)27)18(26-19)25-13-5-6-16-12(8-13)4-3-7-23-16/h3-11H,21H2,1-2H3,(H2,22,27)(H2,24,25,26)/t10-,11-/m1/s1. The number of carbonyl (C=O) groups is 1. The molecule has 2 aromatic heterocycles. The first kappa shape index (κ1) is 18.5. The quantitative estimate of drug-likeness (QED) is 0.531. The maximum atomic E-state index is 14.4. The van der Waals surface area contributed by atoms with Gasteiger partial charge >= 0.3 is 0 Å². The van der Waals surface area contributed by atoms with Crippen LogP contribution in [0.1, 0.15) is 24.2 Å². The van der Waals surface area contributed by atoms with Crippen molar-refractivity contribution in [1.82, 2.24) is 9.97 Å². The van der Waals surface area contributed by atoms with E-state index in [1.165, 1.54) is 0 Å². The second kappa shape index (κ2) is 7.55. The van der Waals surface area contributed by atoms with Crippen LogP contribution in [0.2, 0.25) is 0 Å². The number of hydrogen-bond acceptors (Lipinski definition) is 6. The summed E-state index contributed by atoms with van der Waals surface area (Å²) in [5, 5.41) is 6.87. The summed E-state index contributed by atoms with van der Waals surface area (Å²) in [5.74, 6) is -1.30. The van der Waals surface area contributed by atoms with Crippen LogP contribution >= 0.6 is 0 Å². The van der Waals surface area contributed by atoms with Crippen molar-refractivity contribution in [3.63, 3.8) is 0 Å². The largest absolute Gasteiger partial charge is 0.365 e. The molecule has 0 aliphatic carbocycles. The number of carbonyl (C=O) groups excluding carboxylic acids is 1. The molecule has 0 unspecified atom stereocenters. The fourth-order valence-corrected chi connectivity index (χ4v) is 2.51. The lowest BCUT2D eigenvalue weighted by molar-refractivity contribution is 0.100. The number of nitrogens with zero attached hydrogens (tertiary/aromatic N) is 2. The second-order valence-corrected chi connectivity index (χ2v) is 6.41. The van der Waals surface area contributed by atoms with E-state index >= 15 is 0 Å². The van der Waals surface area contributed by atoms with E-state index in [0.717, 1.165) is 17.0 Å². The first-order valence-electron chi connectivity index (χ1n) is 8.49. The van der Waals surface area contributed by atoms with Gasteiger partial charge in [0.15, 0.2) is 11.6 Å². The lowest BCUT2D eigenvalue weighted by Crippen LogP contribution is -2.35. The summed E-state index contributed by atoms with van der Waals surface area (Å²) in [6, 6.07) is 9.86. The van der Waals surface area contributed by atoms with Gasteiger partial charge < -0.3 is 22.1 Å². The highest BCUT2D eigenvalue weighted by atomic mass is 19.1. The lowest BCUT2D eigenvalue weighted by Gasteiger charge is -2.20. The lowest BCUT2D eigenvalue weighted by atomic mass is 10.1. The third-order valence-corrected chi connectivity index (χ3v) is 4.26. The molecule has 0 aliphatic rings. The van der Waals surface area contributed by atoms with Crippen molar-refractivity contribution in [3.8, 4) is 0 Å². The average molecular weight is 368 g/mol. The number of benzene rings is 1. The van der Waals surface area contributed by atoms with Gasteiger partial charge in [0.05, 0.1) is 11.1 Å². The fraction of sp³-hybridized carbons (Fsp3) is 0.211. The number of nitrogens with one attached hydrogen (secondary N) is 2. The second-order valence-electron chi connectivity index (χ2n) is 6.41. The number of rotatable bonds is 6. The maximum absolute atomic E-state index is 14.4. The number of nitrogens with two attached hydrogens (primary N) is 2. The number of hydrogen-bond donors (Lipinski definition) is 4. The van der Waals surface area contributed by atoms with Gasteiger partial charge in [-0.25, -0.2) is 9.37 Å². The molecule has 2 atom stereocenters. The van der Waals surface area contributed by atoms with Crippen LogP contribution in [0, 0.1) is 5.82 Å². The van der Waals surface area contributed by atoms with Gasteiger partial charge in [-0.05, 0) is 44.2 Å². The molecule has 1 amide bonds. The number of primary amides is 1. The van der Waals surface area contributed by atoms with E-state index in [0.29, 0.717) is 5.69 Å². The van der Waals surface area contributed by atoms with Crippen LogP contribution in [-0.2, 0) is 0 Å². The van der Waals surface area contributed by atoms with E-state index in [1.54, 1.807) is 19.2 Å². The van der Waals surface area contributed by atoms with Crippen molar-refractivity contribution in [3.05, 3.63) is 54.0 Å². The minimum atomic E-state index is -0.779. The number of anilines is 3. The third-order valence-electron chi connectivity index (χ3n) is 4.26. The molecule has 8 heteroatoms. The van der Waals surface area contributed by atoms with Gasteiger partial charge in [0.1, 0.15) is 5.82 Å². The Morgan fingerprint density at radius 2 is 1.96 bits per heavy atom. The molecule has 27 heavy (non-hydrogen) atoms. The van der Waals surface area contributed by atoms with Crippen LogP contribution in [0.3, 0.4) is 0 Å². The smallest absolute Gasteiger partial charge is 0.252 e. The van der Waals surface area contributed by atoms with Crippen molar-refractivity contribution < 1.29 is 9.18 Å². The highest BCUT2D eigenvalue weighted by molar-refractivity contribution is 5.99. The molecule has 0 saturated carbocycles. The van der Waals surface area contributed by atoms with Gasteiger partial charge in [-0.1, -0.05) is 6.07 Å². The van der Waals surface area contributed by atoms with E-state index in [4.69, 9.17) is 11.5 Å². The average Bonchev–Trinajstić information content (AvgIpc) is 2.63. The Hall–Kier alpha value is -3.26. The first-order chi connectivity index (χ1) is 12.8. The molecule has 0 spiro atoms. The molecule has 3 aromatic rings. The van der Waals surface area contributed by atoms with Crippen molar-refractivity contribution >= 4 is 34.1 Å². The third kappa shape index (κ3) is 4.12. The number of halogens is 1. The van der Waals surface area contributed by atoms with Crippen LogP contribution in [0.15, 0.2) is 42.6 Å². The summed E-state index contributed by atoms with van der Waals surface area (Å²) in [6.45, 7) is 3.62. The Bertz CT molecular complexity index is 991. The van der Waals surface area contributed by atoms with Crippen LogP contribution in [0.25, 0.3) is 10.9 Å². The Balaban J connectivity index is 1.99. The molecule has 0 saturated heterocycles. The van der Waals surface area contributed by atoms with Gasteiger partial charge in [0.2, 0.25) is 0 Å². The van der Waals surface area contributed by atoms with Gasteiger partial charge in [0.25, 0.3) is 5.91 Å². The van der Waals surface area contributed by atoms with Crippen molar-refractivity contribution in [2.45, 2.75) is 25.9 Å². The van der Waals surface area contributed by atoms with Gasteiger partial charge in [-0.15, -0.1) is 0 Å². The van der Waals surface area contributed by atoms with Crippen LogP contribution < -0.4 is 22.1 Å². The van der Waals surface area contributed by atoms with Crippen LogP contribution in [0.4, 0.5) is 21.7 Å². The Morgan fingerprint density at radius 1 is 1.19 bits per heavy atom. The van der Waals surface area contributed by atoms with E-state index < -0.39 is 11.7 Å². The fourth-order valence-electron chi connectivity index (χ4n) is 2.51. The summed E-state index contributed by atoms with van der Waals surface area (Å²) >= 11 is 0. The van der Waals surface area contributed by atoms with Crippen molar-refractivity contribution in [2.24, 2.45) is 11.5 Å². The molecule has 6 N–H and O–H groups in total. The molecular formula is C19H21FN6O. The minimum absolute atomic E-state index is 0.00486. The zero-order chi connectivity index (χ0) is 19.6. The monoisotopic (exact) mass is 368 g/mol. The molecule has 1 aromatic carbocycles. The normalized spacial score (nSPS) is 13.2. The number of aromatic nitrogens is 2. The van der Waals surface area contributed by atoms with Crippen molar-refractivity contribution in [2.75, 3.05) is 10.6 Å². The number of amides is 1. The molecule has 0 bridgehead atoms. The molecule has 0 radical (unpaired) electrons. The Morgan fingerprint density at radius 3 is 2.67 bits per heavy atom. The summed E-state index contributed by atoms with van der Waals surface area (Å²) in [5.41, 5.74) is 12.7. The SMILES string of the molecule is C[C@@H](N)[C@@H](C)Nc1nc(Nc2ccc3ncccc3c2)c(C(N)=O)cc1F. The first-order valence-corrected chi connectivity index (χ1v) is 8.49. The summed E-state index contributed by atoms with van der Waals surface area (Å²) in [6.07, 6.45) is 1.71. The zero-order valence-electron chi connectivity index (χ0n) is 15.0. The van der Waals surface area contributed by atoms with E-state index in [9.17, 15) is 9.18 Å². The molecule has 3 rings (SSSR count). The van der Waals surface area contributed by atoms with Crippen molar-refractivity contribution in [1.29, 1.82) is 0 Å². The maximum Gasteiger partial charge on any atom is 0.252 e. The molecule has 0 fully saturated rings. The highest BCUT2D eigenvalue weighted by Crippen LogP contribution is 2.26. The summed E-state index contributed by atoms with van der Waals surface area (Å²) in [7, 11) is 0. The predicted molar refractivity (Wildman–Crippen MR) is 104 cm³/mol. The van der Waals surface area contributed by atoms with E-state index in [-0.39, 0.29) is 29.3 Å². The molecule has 0 aliphatic heterocycles.